The van der Waals surface area contributed by atoms with Crippen molar-refractivity contribution in [3.05, 3.63) is 0 Å². The summed E-state index contributed by atoms with van der Waals surface area (Å²) in [6, 6.07) is 0. The van der Waals surface area contributed by atoms with E-state index in [1.807, 2.05) is 0 Å². The lowest BCUT2D eigenvalue weighted by atomic mass is 10.0. The molecule has 0 rings (SSSR count). The van der Waals surface area contributed by atoms with Gasteiger partial charge in [0, 0.05) is 6.42 Å². The number of carbonyl (C=O) groups is 1. The number of hydrogen-bond donors (Lipinski definition) is 2. The summed E-state index contributed by atoms with van der Waals surface area (Å²) < 4.78 is 40.3. The van der Waals surface area contributed by atoms with Gasteiger partial charge in [0.25, 0.3) is 0 Å². The van der Waals surface area contributed by atoms with Crippen LogP contribution in [0, 0.1) is 0 Å². The molecule has 4 nitrogen and oxygen atoms in total. The molecule has 150 valence electrons. The topological polar surface area (TPSA) is 66.8 Å². The van der Waals surface area contributed by atoms with Gasteiger partial charge in [-0.15, -0.1) is 0 Å². The first kappa shape index (κ1) is 16.6. The second kappa shape index (κ2) is 19.7. The maximum atomic E-state index is 11.7. The molecule has 0 aliphatic rings. The van der Waals surface area contributed by atoms with E-state index in [1.54, 1.807) is 0 Å². The molecule has 0 saturated heterocycles. The lowest BCUT2D eigenvalue weighted by molar-refractivity contribution is -0.147. The molecule has 1 unspecified atom stereocenters. The number of ether oxygens (including phenoxy) is 1. The Morgan fingerprint density at radius 1 is 0.880 bits per heavy atom. The molecule has 0 radical (unpaired) electrons. The van der Waals surface area contributed by atoms with Gasteiger partial charge in [-0.3, -0.25) is 4.79 Å². The number of esters is 1. The van der Waals surface area contributed by atoms with Crippen molar-refractivity contribution in [3.63, 3.8) is 0 Å². The predicted molar refractivity (Wildman–Crippen MR) is 104 cm³/mol. The fourth-order valence-electron chi connectivity index (χ4n) is 2.82. The maximum Gasteiger partial charge on any atom is 0.305 e. The van der Waals surface area contributed by atoms with Crippen LogP contribution in [0.15, 0.2) is 0 Å². The zero-order valence-electron chi connectivity index (χ0n) is 21.0. The SMILES string of the molecule is [2H]C([2H])(O)C([2H])(O)C([2H])([2H])OC(=O)CCCCCCCCCCCCCCCCC. The van der Waals surface area contributed by atoms with Crippen molar-refractivity contribution in [1.82, 2.24) is 0 Å². The van der Waals surface area contributed by atoms with E-state index in [2.05, 4.69) is 11.7 Å². The van der Waals surface area contributed by atoms with Gasteiger partial charge in [-0.05, 0) is 6.42 Å². The first-order valence-electron chi connectivity index (χ1n) is 12.6. The van der Waals surface area contributed by atoms with Crippen LogP contribution in [0.5, 0.6) is 0 Å². The molecule has 0 amide bonds. The standard InChI is InChI=1S/C21H42O4/c1-2-3-4-5-6-7-8-9-10-11-12-13-14-15-16-17-21(24)25-19-20(23)18-22/h20,22-23H,2-19H2,1H3/i18D2,19D2,20D. The van der Waals surface area contributed by atoms with Gasteiger partial charge in [-0.2, -0.15) is 0 Å². The smallest absolute Gasteiger partial charge is 0.305 e. The van der Waals surface area contributed by atoms with Crippen molar-refractivity contribution >= 4 is 5.97 Å². The fourth-order valence-corrected chi connectivity index (χ4v) is 2.82. The third-order valence-corrected chi connectivity index (χ3v) is 4.35. The van der Waals surface area contributed by atoms with E-state index >= 15 is 0 Å². The highest BCUT2D eigenvalue weighted by molar-refractivity contribution is 5.69. The lowest BCUT2D eigenvalue weighted by Gasteiger charge is -2.08. The fraction of sp³-hybridized carbons (Fsp3) is 0.952. The van der Waals surface area contributed by atoms with E-state index in [0.717, 1.165) is 19.3 Å². The number of hydrogen-bond acceptors (Lipinski definition) is 4. The molecule has 2 N–H and O–H groups in total. The van der Waals surface area contributed by atoms with E-state index in [0.29, 0.717) is 6.42 Å². The highest BCUT2D eigenvalue weighted by Crippen LogP contribution is 2.13. The zero-order valence-corrected chi connectivity index (χ0v) is 16.0. The van der Waals surface area contributed by atoms with Crippen molar-refractivity contribution in [2.24, 2.45) is 0 Å². The summed E-state index contributed by atoms with van der Waals surface area (Å²) in [5, 5.41) is 18.6. The molecular formula is C21H42O4. The van der Waals surface area contributed by atoms with Crippen LogP contribution in [0.2, 0.25) is 0 Å². The van der Waals surface area contributed by atoms with E-state index in [9.17, 15) is 9.90 Å². The Morgan fingerprint density at radius 2 is 1.28 bits per heavy atom. The molecule has 25 heavy (non-hydrogen) atoms. The zero-order chi connectivity index (χ0) is 23.1. The minimum Gasteiger partial charge on any atom is -0.463 e. The Bertz CT molecular complexity index is 453. The molecule has 0 aliphatic heterocycles. The largest absolute Gasteiger partial charge is 0.463 e. The van der Waals surface area contributed by atoms with Crippen molar-refractivity contribution in [1.29, 1.82) is 0 Å². The van der Waals surface area contributed by atoms with Crippen LogP contribution >= 0.6 is 0 Å². The first-order chi connectivity index (χ1) is 14.0. The average Bonchev–Trinajstić information content (AvgIpc) is 2.63. The Hall–Kier alpha value is -0.610. The summed E-state index contributed by atoms with van der Waals surface area (Å²) in [6.45, 7) is -4.71. The van der Waals surface area contributed by atoms with Crippen molar-refractivity contribution in [3.8, 4) is 0 Å². The molecule has 0 aromatic rings. The number of unbranched alkanes of at least 4 members (excludes halogenated alkanes) is 14. The second-order valence-corrected chi connectivity index (χ2v) is 6.74. The summed E-state index contributed by atoms with van der Waals surface area (Å²) in [7, 11) is 0. The molecule has 0 aromatic heterocycles. The quantitative estimate of drug-likeness (QED) is 0.246. The van der Waals surface area contributed by atoms with Gasteiger partial charge in [0.15, 0.2) is 0 Å². The average molecular weight is 364 g/mol. The van der Waals surface area contributed by atoms with Gasteiger partial charge in [-0.1, -0.05) is 96.8 Å². The van der Waals surface area contributed by atoms with E-state index in [-0.39, 0.29) is 6.42 Å². The third-order valence-electron chi connectivity index (χ3n) is 4.35. The molecule has 0 spiro atoms. The van der Waals surface area contributed by atoms with Crippen molar-refractivity contribution in [2.45, 2.75) is 116 Å². The van der Waals surface area contributed by atoms with Crippen LogP contribution in [-0.4, -0.2) is 35.4 Å². The molecule has 0 saturated carbocycles. The lowest BCUT2D eigenvalue weighted by Crippen LogP contribution is -2.21. The highest BCUT2D eigenvalue weighted by atomic mass is 16.5. The Kier molecular flexibility index (Phi) is 13.1. The van der Waals surface area contributed by atoms with Gasteiger partial charge < -0.3 is 14.9 Å². The van der Waals surface area contributed by atoms with Crippen LogP contribution in [0.25, 0.3) is 0 Å². The first-order valence-corrected chi connectivity index (χ1v) is 10.1. The Morgan fingerprint density at radius 3 is 1.68 bits per heavy atom. The molecule has 0 bridgehead atoms. The van der Waals surface area contributed by atoms with Crippen LogP contribution in [-0.2, 0) is 9.53 Å². The third kappa shape index (κ3) is 19.6. The maximum absolute atomic E-state index is 11.7. The Labute approximate surface area is 162 Å². The van der Waals surface area contributed by atoms with Crippen molar-refractivity contribution < 1.29 is 26.6 Å². The summed E-state index contributed by atoms with van der Waals surface area (Å²) in [5.74, 6) is -0.968. The number of rotatable bonds is 19. The summed E-state index contributed by atoms with van der Waals surface area (Å²) in [4.78, 5) is 11.7. The molecule has 1 atom stereocenters. The van der Waals surface area contributed by atoms with Crippen LogP contribution < -0.4 is 0 Å². The van der Waals surface area contributed by atoms with Gasteiger partial charge in [-0.25, -0.2) is 0 Å². The number of aliphatic hydroxyl groups is 2. The van der Waals surface area contributed by atoms with Crippen LogP contribution in [0.4, 0.5) is 0 Å². The van der Waals surface area contributed by atoms with Gasteiger partial charge in [0.1, 0.15) is 12.6 Å². The normalized spacial score (nSPS) is 17.6. The highest BCUT2D eigenvalue weighted by Gasteiger charge is 2.07. The molecule has 0 heterocycles. The van der Waals surface area contributed by atoms with E-state index in [4.69, 9.17) is 12.0 Å². The molecule has 0 aromatic carbocycles. The summed E-state index contributed by atoms with van der Waals surface area (Å²) in [5.41, 5.74) is 0. The van der Waals surface area contributed by atoms with E-state index < -0.39 is 25.2 Å². The second-order valence-electron chi connectivity index (χ2n) is 6.74. The molecule has 4 heteroatoms. The number of carbonyl (C=O) groups excluding carboxylic acids is 1. The van der Waals surface area contributed by atoms with E-state index in [1.165, 1.54) is 70.6 Å². The summed E-state index contributed by atoms with van der Waals surface area (Å²) >= 11 is 0. The van der Waals surface area contributed by atoms with Gasteiger partial charge in [0.2, 0.25) is 0 Å². The summed E-state index contributed by atoms with van der Waals surface area (Å²) in [6.07, 6.45) is 14.0. The minimum atomic E-state index is -3.62. The van der Waals surface area contributed by atoms with Crippen molar-refractivity contribution in [2.75, 3.05) is 13.1 Å². The minimum absolute atomic E-state index is 0.0811. The van der Waals surface area contributed by atoms with Gasteiger partial charge >= 0.3 is 5.97 Å². The monoisotopic (exact) mass is 363 g/mol. The van der Waals surface area contributed by atoms with Crippen LogP contribution in [0.1, 0.15) is 117 Å². The van der Waals surface area contributed by atoms with Gasteiger partial charge in [0.05, 0.1) is 13.4 Å². The van der Waals surface area contributed by atoms with Crippen LogP contribution in [0.3, 0.4) is 0 Å². The predicted octanol–water partition coefficient (Wildman–Crippen LogP) is 5.14. The Balaban J connectivity index is 3.64. The molecule has 0 aliphatic carbocycles. The molecule has 0 fully saturated rings. The molecular weight excluding hydrogens is 316 g/mol.